The number of fused-ring (bicyclic) bond motifs is 1. The zero-order valence-corrected chi connectivity index (χ0v) is 13.2. The van der Waals surface area contributed by atoms with Crippen LogP contribution < -0.4 is 4.74 Å². The third kappa shape index (κ3) is 2.92. The predicted molar refractivity (Wildman–Crippen MR) is 89.5 cm³/mol. The molecule has 23 heavy (non-hydrogen) atoms. The van der Waals surface area contributed by atoms with Gasteiger partial charge in [0.15, 0.2) is 5.65 Å². The summed E-state index contributed by atoms with van der Waals surface area (Å²) in [6.45, 7) is 3.10. The van der Waals surface area contributed by atoms with Gasteiger partial charge in [-0.1, -0.05) is 12.1 Å². The van der Waals surface area contributed by atoms with Crippen molar-refractivity contribution < 1.29 is 4.74 Å². The summed E-state index contributed by atoms with van der Waals surface area (Å²) in [5.41, 5.74) is 3.16. The standard InChI is InChI=1S/C18H20N4O/c1-23-15-6-4-13(5-7-15)11-22-10-8-14(12-22)17-20-16-3-2-9-19-18(16)21-17/h2-7,9,14H,8,10-12H2,1H3,(H,19,20,21). The van der Waals surface area contributed by atoms with Crippen LogP contribution in [0.2, 0.25) is 0 Å². The third-order valence-electron chi connectivity index (χ3n) is 4.50. The molecular formula is C18H20N4O. The fourth-order valence-corrected chi connectivity index (χ4v) is 3.25. The van der Waals surface area contributed by atoms with Crippen molar-refractivity contribution in [2.75, 3.05) is 20.2 Å². The Bertz CT molecular complexity index is 763. The van der Waals surface area contributed by atoms with Gasteiger partial charge >= 0.3 is 0 Å². The maximum atomic E-state index is 5.21. The van der Waals surface area contributed by atoms with Crippen molar-refractivity contribution in [1.29, 1.82) is 0 Å². The number of aromatic nitrogens is 3. The highest BCUT2D eigenvalue weighted by molar-refractivity contribution is 5.70. The molecule has 4 rings (SSSR count). The van der Waals surface area contributed by atoms with E-state index in [1.165, 1.54) is 5.56 Å². The summed E-state index contributed by atoms with van der Waals surface area (Å²) in [5.74, 6) is 2.43. The van der Waals surface area contributed by atoms with Gasteiger partial charge in [0.05, 0.1) is 12.6 Å². The van der Waals surface area contributed by atoms with Crippen molar-refractivity contribution in [3.05, 3.63) is 54.0 Å². The molecule has 118 valence electrons. The maximum Gasteiger partial charge on any atom is 0.177 e. The van der Waals surface area contributed by atoms with Crippen LogP contribution in [0.4, 0.5) is 0 Å². The van der Waals surface area contributed by atoms with Crippen molar-refractivity contribution in [1.82, 2.24) is 19.9 Å². The van der Waals surface area contributed by atoms with Crippen LogP contribution in [0.1, 0.15) is 23.7 Å². The summed E-state index contributed by atoms with van der Waals surface area (Å²) in [6.07, 6.45) is 2.92. The van der Waals surface area contributed by atoms with Gasteiger partial charge in [-0.05, 0) is 42.8 Å². The van der Waals surface area contributed by atoms with Gasteiger partial charge in [-0.3, -0.25) is 4.90 Å². The fraction of sp³-hybridized carbons (Fsp3) is 0.333. The molecule has 1 saturated heterocycles. The molecule has 0 amide bonds. The van der Waals surface area contributed by atoms with Crippen LogP contribution in [0.5, 0.6) is 5.75 Å². The molecule has 1 unspecified atom stereocenters. The van der Waals surface area contributed by atoms with E-state index in [1.54, 1.807) is 13.3 Å². The first kappa shape index (κ1) is 14.2. The number of H-pyrrole nitrogens is 1. The normalized spacial score (nSPS) is 18.6. The van der Waals surface area contributed by atoms with E-state index >= 15 is 0 Å². The molecule has 0 bridgehead atoms. The molecule has 2 aromatic heterocycles. The Labute approximate surface area is 135 Å². The molecule has 1 aliphatic rings. The molecule has 5 nitrogen and oxygen atoms in total. The Morgan fingerprint density at radius 1 is 1.26 bits per heavy atom. The van der Waals surface area contributed by atoms with Crippen molar-refractivity contribution in [2.24, 2.45) is 0 Å². The number of aromatic amines is 1. The topological polar surface area (TPSA) is 54.0 Å². The van der Waals surface area contributed by atoms with E-state index in [2.05, 4.69) is 32.0 Å². The van der Waals surface area contributed by atoms with Crippen LogP contribution in [0.3, 0.4) is 0 Å². The summed E-state index contributed by atoms with van der Waals surface area (Å²) in [5, 5.41) is 0. The average Bonchev–Trinajstić information content (AvgIpc) is 3.21. The van der Waals surface area contributed by atoms with E-state index in [0.717, 1.165) is 48.8 Å². The molecule has 1 fully saturated rings. The van der Waals surface area contributed by atoms with Gasteiger partial charge in [-0.15, -0.1) is 0 Å². The smallest absolute Gasteiger partial charge is 0.177 e. The first-order chi connectivity index (χ1) is 11.3. The van der Waals surface area contributed by atoms with Crippen LogP contribution in [-0.4, -0.2) is 40.1 Å². The largest absolute Gasteiger partial charge is 0.497 e. The van der Waals surface area contributed by atoms with Gasteiger partial charge in [0.2, 0.25) is 0 Å². The van der Waals surface area contributed by atoms with Gasteiger partial charge in [-0.2, -0.15) is 0 Å². The molecule has 1 N–H and O–H groups in total. The lowest BCUT2D eigenvalue weighted by molar-refractivity contribution is 0.325. The number of likely N-dealkylation sites (tertiary alicyclic amines) is 1. The number of methoxy groups -OCH3 is 1. The van der Waals surface area contributed by atoms with Crippen LogP contribution in [0, 0.1) is 0 Å². The molecule has 0 aliphatic carbocycles. The lowest BCUT2D eigenvalue weighted by Gasteiger charge is -2.15. The fourth-order valence-electron chi connectivity index (χ4n) is 3.25. The molecular weight excluding hydrogens is 288 g/mol. The van der Waals surface area contributed by atoms with Gasteiger partial charge in [0, 0.05) is 25.2 Å². The monoisotopic (exact) mass is 308 g/mol. The SMILES string of the molecule is COc1ccc(CN2CCC(c3nc4ncccc4[nH]3)C2)cc1. The zero-order valence-electron chi connectivity index (χ0n) is 13.2. The maximum absolute atomic E-state index is 5.21. The molecule has 3 aromatic rings. The molecule has 0 spiro atoms. The van der Waals surface area contributed by atoms with Crippen LogP contribution in [-0.2, 0) is 6.54 Å². The molecule has 0 radical (unpaired) electrons. The Morgan fingerprint density at radius 3 is 2.91 bits per heavy atom. The molecule has 5 heteroatoms. The molecule has 1 aliphatic heterocycles. The zero-order chi connectivity index (χ0) is 15.6. The van der Waals surface area contributed by atoms with E-state index in [9.17, 15) is 0 Å². The minimum absolute atomic E-state index is 0.461. The van der Waals surface area contributed by atoms with Gasteiger partial charge in [0.25, 0.3) is 0 Å². The number of benzene rings is 1. The number of hydrogen-bond acceptors (Lipinski definition) is 4. The van der Waals surface area contributed by atoms with E-state index < -0.39 is 0 Å². The quantitative estimate of drug-likeness (QED) is 0.805. The highest BCUT2D eigenvalue weighted by Gasteiger charge is 2.26. The number of imidazole rings is 1. The number of rotatable bonds is 4. The average molecular weight is 308 g/mol. The number of pyridine rings is 1. The van der Waals surface area contributed by atoms with Crippen molar-refractivity contribution in [3.8, 4) is 5.75 Å². The van der Waals surface area contributed by atoms with Gasteiger partial charge < -0.3 is 9.72 Å². The lowest BCUT2D eigenvalue weighted by Crippen LogP contribution is -2.19. The van der Waals surface area contributed by atoms with Crippen molar-refractivity contribution >= 4 is 11.2 Å². The number of nitrogens with zero attached hydrogens (tertiary/aromatic N) is 3. The van der Waals surface area contributed by atoms with E-state index in [1.807, 2.05) is 24.3 Å². The molecule has 1 aromatic carbocycles. The molecule has 0 saturated carbocycles. The summed E-state index contributed by atoms with van der Waals surface area (Å²) >= 11 is 0. The first-order valence-corrected chi connectivity index (χ1v) is 7.98. The van der Waals surface area contributed by atoms with Crippen LogP contribution in [0.25, 0.3) is 11.2 Å². The van der Waals surface area contributed by atoms with E-state index in [4.69, 9.17) is 4.74 Å². The van der Waals surface area contributed by atoms with E-state index in [0.29, 0.717) is 5.92 Å². The Kier molecular flexibility index (Phi) is 3.71. The second-order valence-electron chi connectivity index (χ2n) is 6.07. The number of nitrogens with one attached hydrogen (secondary N) is 1. The number of ether oxygens (including phenoxy) is 1. The number of hydrogen-bond donors (Lipinski definition) is 1. The Balaban J connectivity index is 1.43. The predicted octanol–water partition coefficient (Wildman–Crippen LogP) is 2.96. The minimum atomic E-state index is 0.461. The summed E-state index contributed by atoms with van der Waals surface area (Å²) in [6, 6.07) is 12.3. The molecule has 1 atom stereocenters. The molecule has 3 heterocycles. The minimum Gasteiger partial charge on any atom is -0.497 e. The van der Waals surface area contributed by atoms with Crippen molar-refractivity contribution in [3.63, 3.8) is 0 Å². The Morgan fingerprint density at radius 2 is 2.13 bits per heavy atom. The second kappa shape index (κ2) is 6.01. The second-order valence-corrected chi connectivity index (χ2v) is 6.07. The summed E-state index contributed by atoms with van der Waals surface area (Å²) in [4.78, 5) is 14.9. The highest BCUT2D eigenvalue weighted by atomic mass is 16.5. The van der Waals surface area contributed by atoms with Gasteiger partial charge in [-0.25, -0.2) is 9.97 Å². The van der Waals surface area contributed by atoms with Crippen molar-refractivity contribution in [2.45, 2.75) is 18.9 Å². The van der Waals surface area contributed by atoms with Crippen LogP contribution in [0.15, 0.2) is 42.6 Å². The van der Waals surface area contributed by atoms with Gasteiger partial charge in [0.1, 0.15) is 11.6 Å². The highest BCUT2D eigenvalue weighted by Crippen LogP contribution is 2.27. The summed E-state index contributed by atoms with van der Waals surface area (Å²) < 4.78 is 5.21. The van der Waals surface area contributed by atoms with E-state index in [-0.39, 0.29) is 0 Å². The Hall–Kier alpha value is -2.40. The van der Waals surface area contributed by atoms with Crippen LogP contribution >= 0.6 is 0 Å². The first-order valence-electron chi connectivity index (χ1n) is 7.98. The lowest BCUT2D eigenvalue weighted by atomic mass is 10.1. The third-order valence-corrected chi connectivity index (χ3v) is 4.50. The summed E-state index contributed by atoms with van der Waals surface area (Å²) in [7, 11) is 1.70.